The molecule has 5 heteroatoms. The summed E-state index contributed by atoms with van der Waals surface area (Å²) in [6, 6.07) is 2.04. The molecule has 0 saturated carbocycles. The molecular formula is C17H19N3OS. The van der Waals surface area contributed by atoms with Crippen molar-refractivity contribution >= 4 is 29.0 Å². The first-order valence-corrected chi connectivity index (χ1v) is 8.16. The second kappa shape index (κ2) is 6.02. The fraction of sp³-hybridized carbons (Fsp3) is 0.294. The molecule has 3 heterocycles. The van der Waals surface area contributed by atoms with Crippen LogP contribution in [0.1, 0.15) is 38.8 Å². The van der Waals surface area contributed by atoms with E-state index in [0.717, 1.165) is 42.7 Å². The van der Waals surface area contributed by atoms with E-state index in [4.69, 9.17) is 5.73 Å². The molecule has 0 amide bonds. The molecule has 0 fully saturated rings. The fourth-order valence-corrected chi connectivity index (χ4v) is 4.04. The smallest absolute Gasteiger partial charge is 0.160 e. The summed E-state index contributed by atoms with van der Waals surface area (Å²) in [6.07, 6.45) is 4.50. The molecule has 0 radical (unpaired) electrons. The van der Waals surface area contributed by atoms with Gasteiger partial charge in [0.05, 0.1) is 0 Å². The number of rotatable bonds is 4. The van der Waals surface area contributed by atoms with Gasteiger partial charge >= 0.3 is 0 Å². The number of Topliss-reactive ketones (excluding diaryl/α,β-unsaturated/α-hetero) is 1. The van der Waals surface area contributed by atoms with Gasteiger partial charge in [-0.2, -0.15) is 0 Å². The van der Waals surface area contributed by atoms with Crippen LogP contribution in [0.3, 0.4) is 0 Å². The minimum absolute atomic E-state index is 0.171. The van der Waals surface area contributed by atoms with Crippen LogP contribution >= 0.6 is 11.3 Å². The van der Waals surface area contributed by atoms with Crippen molar-refractivity contribution in [2.45, 2.75) is 26.4 Å². The van der Waals surface area contributed by atoms with Crippen LogP contribution in [0.4, 0.5) is 5.82 Å². The molecule has 0 atom stereocenters. The lowest BCUT2D eigenvalue weighted by molar-refractivity contribution is 0.101. The second-order valence-electron chi connectivity index (χ2n) is 5.59. The summed E-state index contributed by atoms with van der Waals surface area (Å²) in [5.74, 6) is 0.688. The Bertz CT molecular complexity index is 736. The molecule has 0 unspecified atom stereocenters. The first kappa shape index (κ1) is 14.9. The van der Waals surface area contributed by atoms with Gasteiger partial charge in [-0.15, -0.1) is 11.3 Å². The Morgan fingerprint density at radius 2 is 2.41 bits per heavy atom. The third kappa shape index (κ3) is 2.82. The Kier molecular flexibility index (Phi) is 4.09. The van der Waals surface area contributed by atoms with Gasteiger partial charge in [0.15, 0.2) is 5.78 Å². The normalized spacial score (nSPS) is 14.6. The predicted molar refractivity (Wildman–Crippen MR) is 90.9 cm³/mol. The zero-order chi connectivity index (χ0) is 15.7. The average molecular weight is 313 g/mol. The number of ketones is 1. The van der Waals surface area contributed by atoms with Crippen molar-refractivity contribution < 1.29 is 4.79 Å². The number of anilines is 1. The van der Waals surface area contributed by atoms with Crippen LogP contribution in [-0.2, 0) is 19.5 Å². The first-order valence-electron chi connectivity index (χ1n) is 7.28. The Balaban J connectivity index is 1.75. The van der Waals surface area contributed by atoms with Crippen LogP contribution in [0, 0.1) is 0 Å². The third-order valence-corrected chi connectivity index (χ3v) is 5.05. The predicted octanol–water partition coefficient (Wildman–Crippen LogP) is 3.13. The van der Waals surface area contributed by atoms with E-state index in [9.17, 15) is 4.79 Å². The summed E-state index contributed by atoms with van der Waals surface area (Å²) >= 11 is 1.69. The van der Waals surface area contributed by atoms with E-state index in [-0.39, 0.29) is 5.78 Å². The molecule has 0 spiro atoms. The summed E-state index contributed by atoms with van der Waals surface area (Å²) in [5, 5.41) is 2.00. The van der Waals surface area contributed by atoms with Gasteiger partial charge in [-0.3, -0.25) is 9.69 Å². The highest BCUT2D eigenvalue weighted by Crippen LogP contribution is 2.29. The van der Waals surface area contributed by atoms with Crippen molar-refractivity contribution in [2.24, 2.45) is 0 Å². The van der Waals surface area contributed by atoms with Gasteiger partial charge in [0.25, 0.3) is 0 Å². The van der Waals surface area contributed by atoms with Gasteiger partial charge in [0.2, 0.25) is 0 Å². The molecule has 2 N–H and O–H groups in total. The molecule has 0 aliphatic carbocycles. The Labute approximate surface area is 134 Å². The second-order valence-corrected chi connectivity index (χ2v) is 6.55. The van der Waals surface area contributed by atoms with Crippen molar-refractivity contribution in [2.75, 3.05) is 12.3 Å². The lowest BCUT2D eigenvalue weighted by Gasteiger charge is -2.27. The summed E-state index contributed by atoms with van der Waals surface area (Å²) < 4.78 is 0. The standard InChI is InChI=1S/C17H19N3OS/c1-3-13-6-12(7-19-17(13)18)8-20-5-4-14-15(11(2)21)10-22-16(14)9-20/h3,6-7,10H,1,4-5,8-9H2,2H3,(H2,18,19). The number of nitrogens with zero attached hydrogens (tertiary/aromatic N) is 2. The molecule has 1 aliphatic rings. The number of hydrogen-bond acceptors (Lipinski definition) is 5. The lowest BCUT2D eigenvalue weighted by atomic mass is 10.0. The van der Waals surface area contributed by atoms with Gasteiger partial charge < -0.3 is 5.73 Å². The number of fused-ring (bicyclic) bond motifs is 1. The Morgan fingerprint density at radius 3 is 3.14 bits per heavy atom. The average Bonchev–Trinajstić information content (AvgIpc) is 2.92. The van der Waals surface area contributed by atoms with Crippen LogP contribution in [0.2, 0.25) is 0 Å². The molecule has 2 aromatic rings. The summed E-state index contributed by atoms with van der Waals surface area (Å²) in [7, 11) is 0. The van der Waals surface area contributed by atoms with E-state index in [0.29, 0.717) is 5.82 Å². The van der Waals surface area contributed by atoms with E-state index < -0.39 is 0 Å². The van der Waals surface area contributed by atoms with Crippen LogP contribution < -0.4 is 5.73 Å². The molecule has 0 aromatic carbocycles. The minimum atomic E-state index is 0.171. The SMILES string of the molecule is C=Cc1cc(CN2CCc3c(C(C)=O)csc3C2)cnc1N. The van der Waals surface area contributed by atoms with Crippen molar-refractivity contribution in [1.29, 1.82) is 0 Å². The maximum atomic E-state index is 11.6. The molecule has 2 aromatic heterocycles. The molecular weight excluding hydrogens is 294 g/mol. The topological polar surface area (TPSA) is 59.2 Å². The quantitative estimate of drug-likeness (QED) is 0.881. The molecule has 1 aliphatic heterocycles. The monoisotopic (exact) mass is 313 g/mol. The number of carbonyl (C=O) groups excluding carboxylic acids is 1. The van der Waals surface area contributed by atoms with E-state index in [2.05, 4.69) is 16.5 Å². The maximum Gasteiger partial charge on any atom is 0.160 e. The van der Waals surface area contributed by atoms with Crippen LogP contribution in [0.15, 0.2) is 24.2 Å². The fourth-order valence-electron chi connectivity index (χ4n) is 2.86. The molecule has 114 valence electrons. The molecule has 4 nitrogen and oxygen atoms in total. The number of nitrogen functional groups attached to an aromatic ring is 1. The summed E-state index contributed by atoms with van der Waals surface area (Å²) in [6.45, 7) is 8.09. The van der Waals surface area contributed by atoms with Crippen molar-refractivity contribution in [3.05, 3.63) is 51.4 Å². The van der Waals surface area contributed by atoms with Crippen molar-refractivity contribution in [3.63, 3.8) is 0 Å². The van der Waals surface area contributed by atoms with Crippen LogP contribution in [0.5, 0.6) is 0 Å². The number of aromatic nitrogens is 1. The molecule has 22 heavy (non-hydrogen) atoms. The highest BCUT2D eigenvalue weighted by atomic mass is 32.1. The van der Waals surface area contributed by atoms with Gasteiger partial charge in [-0.05, 0) is 30.5 Å². The van der Waals surface area contributed by atoms with E-state index in [1.807, 2.05) is 17.6 Å². The number of nitrogens with two attached hydrogens (primary N) is 1. The lowest BCUT2D eigenvalue weighted by Crippen LogP contribution is -2.29. The minimum Gasteiger partial charge on any atom is -0.383 e. The summed E-state index contributed by atoms with van der Waals surface area (Å²) in [5.41, 5.74) is 9.97. The van der Waals surface area contributed by atoms with E-state index >= 15 is 0 Å². The van der Waals surface area contributed by atoms with Gasteiger partial charge in [-0.1, -0.05) is 12.7 Å². The highest BCUT2D eigenvalue weighted by molar-refractivity contribution is 7.10. The third-order valence-electron chi connectivity index (χ3n) is 4.04. The maximum absolute atomic E-state index is 11.6. The zero-order valence-electron chi connectivity index (χ0n) is 12.6. The number of pyridine rings is 1. The summed E-state index contributed by atoms with van der Waals surface area (Å²) in [4.78, 5) is 19.5. The Morgan fingerprint density at radius 1 is 1.59 bits per heavy atom. The van der Waals surface area contributed by atoms with Crippen LogP contribution in [0.25, 0.3) is 6.08 Å². The number of hydrogen-bond donors (Lipinski definition) is 1. The highest BCUT2D eigenvalue weighted by Gasteiger charge is 2.22. The van der Waals surface area contributed by atoms with Gasteiger partial charge in [-0.25, -0.2) is 4.98 Å². The van der Waals surface area contributed by atoms with Crippen LogP contribution in [-0.4, -0.2) is 22.2 Å². The molecule has 0 bridgehead atoms. The first-order chi connectivity index (χ1) is 10.6. The van der Waals surface area contributed by atoms with Gasteiger partial charge in [0.1, 0.15) is 5.82 Å². The largest absolute Gasteiger partial charge is 0.383 e. The molecule has 0 saturated heterocycles. The number of carbonyl (C=O) groups is 1. The van der Waals surface area contributed by atoms with Crippen molar-refractivity contribution in [1.82, 2.24) is 9.88 Å². The molecule has 3 rings (SSSR count). The zero-order valence-corrected chi connectivity index (χ0v) is 13.4. The van der Waals surface area contributed by atoms with Gasteiger partial charge in [0, 0.05) is 47.2 Å². The Hall–Kier alpha value is -1.98. The van der Waals surface area contributed by atoms with E-state index in [1.165, 1.54) is 10.4 Å². The van der Waals surface area contributed by atoms with E-state index in [1.54, 1.807) is 24.3 Å². The van der Waals surface area contributed by atoms with Crippen molar-refractivity contribution in [3.8, 4) is 0 Å². The number of thiophene rings is 1.